The van der Waals surface area contributed by atoms with Gasteiger partial charge in [0.2, 0.25) is 5.76 Å². The largest absolute Gasteiger partial charge is 0.476 e. The minimum absolute atomic E-state index is 0.0910. The van der Waals surface area contributed by atoms with Gasteiger partial charge in [0.25, 0.3) is 11.8 Å². The van der Waals surface area contributed by atoms with Crippen LogP contribution in [0.25, 0.3) is 0 Å². The van der Waals surface area contributed by atoms with Crippen LogP contribution < -0.4 is 10.1 Å². The molecule has 106 valence electrons. The standard InChI is InChI=1S/C13H16N4O3/c1-2-19-12-6-11(20-17-12)13(18)15-9-3-4-10-8(5-9)7-14-16-10/h6-7,9H,2-5H2,1H3,(H,14,16)(H,15,18). The number of hydrogen-bond donors (Lipinski definition) is 2. The molecule has 20 heavy (non-hydrogen) atoms. The third-order valence-electron chi connectivity index (χ3n) is 3.36. The van der Waals surface area contributed by atoms with E-state index in [1.54, 1.807) is 0 Å². The zero-order valence-corrected chi connectivity index (χ0v) is 11.2. The van der Waals surface area contributed by atoms with Crippen LogP contribution in [0.15, 0.2) is 16.8 Å². The van der Waals surface area contributed by atoms with Crippen molar-refractivity contribution in [1.29, 1.82) is 0 Å². The lowest BCUT2D eigenvalue weighted by Gasteiger charge is -2.22. The van der Waals surface area contributed by atoms with Crippen LogP contribution in [0, 0.1) is 0 Å². The summed E-state index contributed by atoms with van der Waals surface area (Å²) in [4.78, 5) is 12.1. The van der Waals surface area contributed by atoms with Gasteiger partial charge in [0.05, 0.1) is 18.9 Å². The summed E-state index contributed by atoms with van der Waals surface area (Å²) in [5, 5.41) is 13.6. The summed E-state index contributed by atoms with van der Waals surface area (Å²) in [6, 6.07) is 1.60. The molecular formula is C13H16N4O3. The highest BCUT2D eigenvalue weighted by Gasteiger charge is 2.23. The average molecular weight is 276 g/mol. The number of amides is 1. The van der Waals surface area contributed by atoms with Crippen LogP contribution in [0.1, 0.15) is 35.2 Å². The normalized spacial score (nSPS) is 17.6. The lowest BCUT2D eigenvalue weighted by molar-refractivity contribution is 0.0896. The fourth-order valence-corrected chi connectivity index (χ4v) is 2.38. The van der Waals surface area contributed by atoms with E-state index in [0.717, 1.165) is 30.5 Å². The van der Waals surface area contributed by atoms with Crippen molar-refractivity contribution in [2.75, 3.05) is 6.61 Å². The van der Waals surface area contributed by atoms with Crippen molar-refractivity contribution in [3.05, 3.63) is 29.3 Å². The summed E-state index contributed by atoms with van der Waals surface area (Å²) in [6.45, 7) is 2.33. The third kappa shape index (κ3) is 2.52. The van der Waals surface area contributed by atoms with Crippen molar-refractivity contribution < 1.29 is 14.1 Å². The number of aryl methyl sites for hydroxylation is 1. The van der Waals surface area contributed by atoms with Gasteiger partial charge in [-0.1, -0.05) is 0 Å². The molecule has 2 aromatic rings. The molecule has 1 aliphatic rings. The van der Waals surface area contributed by atoms with Crippen LogP contribution in [0.5, 0.6) is 5.88 Å². The number of aromatic nitrogens is 3. The first kappa shape index (κ1) is 12.7. The maximum absolute atomic E-state index is 12.1. The molecule has 3 rings (SSSR count). The molecule has 7 nitrogen and oxygen atoms in total. The smallest absolute Gasteiger partial charge is 0.290 e. The molecule has 0 radical (unpaired) electrons. The number of fused-ring (bicyclic) bond motifs is 1. The summed E-state index contributed by atoms with van der Waals surface area (Å²) in [6.07, 6.45) is 4.37. The summed E-state index contributed by atoms with van der Waals surface area (Å²) in [5.74, 6) is 0.241. The quantitative estimate of drug-likeness (QED) is 0.871. The van der Waals surface area contributed by atoms with Gasteiger partial charge in [0.1, 0.15) is 0 Å². The number of carbonyl (C=O) groups is 1. The zero-order valence-electron chi connectivity index (χ0n) is 11.2. The second-order valence-corrected chi connectivity index (χ2v) is 4.75. The van der Waals surface area contributed by atoms with Crippen LogP contribution in [0.3, 0.4) is 0 Å². The Balaban J connectivity index is 1.61. The maximum atomic E-state index is 12.1. The van der Waals surface area contributed by atoms with Crippen LogP contribution in [-0.4, -0.2) is 33.9 Å². The van der Waals surface area contributed by atoms with E-state index in [1.807, 2.05) is 13.1 Å². The van der Waals surface area contributed by atoms with Gasteiger partial charge in [-0.3, -0.25) is 9.89 Å². The Morgan fingerprint density at radius 3 is 3.40 bits per heavy atom. The lowest BCUT2D eigenvalue weighted by Crippen LogP contribution is -2.38. The molecule has 0 fully saturated rings. The topological polar surface area (TPSA) is 93.0 Å². The molecule has 2 heterocycles. The van der Waals surface area contributed by atoms with Crippen LogP contribution in [0.4, 0.5) is 0 Å². The van der Waals surface area contributed by atoms with Crippen molar-refractivity contribution >= 4 is 5.91 Å². The van der Waals surface area contributed by atoms with Gasteiger partial charge in [0.15, 0.2) is 0 Å². The Bertz CT molecular complexity index is 604. The van der Waals surface area contributed by atoms with Gasteiger partial charge >= 0.3 is 0 Å². The van der Waals surface area contributed by atoms with Gasteiger partial charge in [-0.2, -0.15) is 5.10 Å². The highest BCUT2D eigenvalue weighted by atomic mass is 16.5. The molecule has 0 saturated carbocycles. The number of H-pyrrole nitrogens is 1. The summed E-state index contributed by atoms with van der Waals surface area (Å²) >= 11 is 0. The molecule has 1 atom stereocenters. The monoisotopic (exact) mass is 276 g/mol. The Morgan fingerprint density at radius 1 is 1.65 bits per heavy atom. The molecule has 1 unspecified atom stereocenters. The van der Waals surface area contributed by atoms with Crippen LogP contribution in [0.2, 0.25) is 0 Å². The number of nitrogens with one attached hydrogen (secondary N) is 2. The molecule has 1 aliphatic carbocycles. The number of aromatic amines is 1. The molecule has 0 spiro atoms. The van der Waals surface area contributed by atoms with Crippen LogP contribution >= 0.6 is 0 Å². The summed E-state index contributed by atoms with van der Waals surface area (Å²) < 4.78 is 10.1. The van der Waals surface area contributed by atoms with Crippen molar-refractivity contribution in [1.82, 2.24) is 20.7 Å². The Hall–Kier alpha value is -2.31. The van der Waals surface area contributed by atoms with E-state index in [1.165, 1.54) is 6.07 Å². The van der Waals surface area contributed by atoms with Gasteiger partial charge in [-0.05, 0) is 36.9 Å². The van der Waals surface area contributed by atoms with E-state index in [-0.39, 0.29) is 17.7 Å². The van der Waals surface area contributed by atoms with E-state index >= 15 is 0 Å². The van der Waals surface area contributed by atoms with Gasteiger partial charge in [-0.15, -0.1) is 0 Å². The highest BCUT2D eigenvalue weighted by Crippen LogP contribution is 2.19. The number of rotatable bonds is 4. The average Bonchev–Trinajstić information content (AvgIpc) is 3.07. The van der Waals surface area contributed by atoms with Gasteiger partial charge in [0, 0.05) is 11.7 Å². The van der Waals surface area contributed by atoms with E-state index in [0.29, 0.717) is 12.5 Å². The minimum atomic E-state index is -0.264. The number of ether oxygens (including phenoxy) is 1. The molecule has 0 bridgehead atoms. The number of carbonyl (C=O) groups excluding carboxylic acids is 1. The number of hydrogen-bond acceptors (Lipinski definition) is 5. The van der Waals surface area contributed by atoms with E-state index in [4.69, 9.17) is 9.26 Å². The van der Waals surface area contributed by atoms with E-state index < -0.39 is 0 Å². The molecule has 0 aromatic carbocycles. The SMILES string of the molecule is CCOc1cc(C(=O)NC2CCc3[nH]ncc3C2)on1. The predicted octanol–water partition coefficient (Wildman–Crippen LogP) is 1.08. The van der Waals surface area contributed by atoms with Crippen molar-refractivity contribution in [3.8, 4) is 5.88 Å². The second kappa shape index (κ2) is 5.36. The first-order chi connectivity index (χ1) is 9.76. The first-order valence-electron chi connectivity index (χ1n) is 6.67. The molecule has 0 aliphatic heterocycles. The molecule has 7 heteroatoms. The van der Waals surface area contributed by atoms with Crippen molar-refractivity contribution in [3.63, 3.8) is 0 Å². The fraction of sp³-hybridized carbons (Fsp3) is 0.462. The summed E-state index contributed by atoms with van der Waals surface area (Å²) in [7, 11) is 0. The number of nitrogens with zero attached hydrogens (tertiary/aromatic N) is 2. The molecule has 0 saturated heterocycles. The lowest BCUT2D eigenvalue weighted by atomic mass is 9.93. The molecule has 2 aromatic heterocycles. The second-order valence-electron chi connectivity index (χ2n) is 4.75. The van der Waals surface area contributed by atoms with E-state index in [9.17, 15) is 4.79 Å². The maximum Gasteiger partial charge on any atom is 0.290 e. The fourth-order valence-electron chi connectivity index (χ4n) is 2.38. The third-order valence-corrected chi connectivity index (χ3v) is 3.36. The predicted molar refractivity (Wildman–Crippen MR) is 69.5 cm³/mol. The molecule has 1 amide bonds. The van der Waals surface area contributed by atoms with Gasteiger partial charge in [-0.25, -0.2) is 0 Å². The van der Waals surface area contributed by atoms with Crippen LogP contribution in [-0.2, 0) is 12.8 Å². The van der Waals surface area contributed by atoms with Crippen molar-refractivity contribution in [2.24, 2.45) is 0 Å². The molecule has 2 N–H and O–H groups in total. The minimum Gasteiger partial charge on any atom is -0.476 e. The summed E-state index contributed by atoms with van der Waals surface area (Å²) in [5.41, 5.74) is 2.32. The van der Waals surface area contributed by atoms with Gasteiger partial charge < -0.3 is 14.6 Å². The zero-order chi connectivity index (χ0) is 13.9. The first-order valence-corrected chi connectivity index (χ1v) is 6.67. The Kier molecular flexibility index (Phi) is 3.41. The van der Waals surface area contributed by atoms with E-state index in [2.05, 4.69) is 20.7 Å². The Labute approximate surface area is 115 Å². The van der Waals surface area contributed by atoms with Crippen molar-refractivity contribution in [2.45, 2.75) is 32.2 Å². The highest BCUT2D eigenvalue weighted by molar-refractivity contribution is 5.91. The Morgan fingerprint density at radius 2 is 2.55 bits per heavy atom. The molecular weight excluding hydrogens is 260 g/mol.